The van der Waals surface area contributed by atoms with Crippen molar-refractivity contribution < 1.29 is 19.2 Å². The smallest absolute Gasteiger partial charge is 0.242 e. The lowest BCUT2D eigenvalue weighted by atomic mass is 10.3. The van der Waals surface area contributed by atoms with Gasteiger partial charge in [0.05, 0.1) is 13.1 Å². The average Bonchev–Trinajstić information content (AvgIpc) is 3.00. The van der Waals surface area contributed by atoms with Gasteiger partial charge in [-0.05, 0) is 46.8 Å². The van der Waals surface area contributed by atoms with Gasteiger partial charge in [0.15, 0.2) is 0 Å². The second-order valence-corrected chi connectivity index (χ2v) is 11.1. The average molecular weight is 611 g/mol. The van der Waals surface area contributed by atoms with E-state index in [0.717, 1.165) is 78.4 Å². The molecule has 0 aromatic heterocycles. The fourth-order valence-electron chi connectivity index (χ4n) is 5.29. The molecule has 1 aliphatic rings. The lowest BCUT2D eigenvalue weighted by Gasteiger charge is -2.33. The highest BCUT2D eigenvalue weighted by Gasteiger charge is 2.25. The van der Waals surface area contributed by atoms with Gasteiger partial charge in [-0.2, -0.15) is 0 Å². The lowest BCUT2D eigenvalue weighted by molar-refractivity contribution is -0.144. The highest BCUT2D eigenvalue weighted by atomic mass is 16.2. The number of carbonyl (C=O) groups excluding carboxylic acids is 4. The number of rotatable bonds is 16. The van der Waals surface area contributed by atoms with Crippen molar-refractivity contribution in [3.8, 4) is 0 Å². The van der Waals surface area contributed by atoms with Crippen molar-refractivity contribution in [2.75, 3.05) is 124 Å². The van der Waals surface area contributed by atoms with Gasteiger partial charge in [0.25, 0.3) is 0 Å². The summed E-state index contributed by atoms with van der Waals surface area (Å²) in [4.78, 5) is 66.3. The molecule has 4 amide bonds. The molecule has 0 radical (unpaired) electrons. The second kappa shape index (κ2) is 22.3. The minimum absolute atomic E-state index is 0.184. The quantitative estimate of drug-likeness (QED) is 0.267. The van der Waals surface area contributed by atoms with Crippen molar-refractivity contribution in [1.29, 1.82) is 0 Å². The molecule has 1 fully saturated rings. The normalized spacial score (nSPS) is 16.6. The van der Waals surface area contributed by atoms with Crippen LogP contribution in [0.5, 0.6) is 0 Å². The van der Waals surface area contributed by atoms with E-state index in [4.69, 9.17) is 0 Å². The van der Waals surface area contributed by atoms with Gasteiger partial charge >= 0.3 is 0 Å². The fraction of sp³-hybridized carbons (Fsp3) is 0.871. The molecular formula is C31H62N8O4. The Morgan fingerprint density at radius 1 is 0.535 bits per heavy atom. The van der Waals surface area contributed by atoms with Gasteiger partial charge < -0.3 is 34.7 Å². The first kappa shape index (κ1) is 38.7. The van der Waals surface area contributed by atoms with Crippen molar-refractivity contribution in [1.82, 2.24) is 39.6 Å². The standard InChI is InChI=1S/C31H62N8O4/c1-8-15-38(14-7)31(43)27-39(26-30(42)37(12-5)13-6)29(41)24-32-28(40)25-36-22-20-34(10-3)18-16-33(9-2)17-19-35(11-4)21-23-36/h8-27H2,1-7H3,(H,32,40). The summed E-state index contributed by atoms with van der Waals surface area (Å²) in [6, 6.07) is 0. The number of hydrogen-bond acceptors (Lipinski definition) is 8. The first-order valence-electron chi connectivity index (χ1n) is 16.6. The SMILES string of the molecule is CCCN(CC)C(=O)CN(CC(=O)N(CC)CC)C(=O)CNC(=O)CN1CCN(CC)CCN(CC)CCN(CC)CC1. The molecular weight excluding hydrogens is 548 g/mol. The summed E-state index contributed by atoms with van der Waals surface area (Å²) in [6.07, 6.45) is 0.807. The summed E-state index contributed by atoms with van der Waals surface area (Å²) in [6.45, 7) is 26.3. The summed E-state index contributed by atoms with van der Waals surface area (Å²) in [7, 11) is 0. The van der Waals surface area contributed by atoms with Crippen LogP contribution >= 0.6 is 0 Å². The van der Waals surface area contributed by atoms with Crippen LogP contribution in [-0.4, -0.2) is 182 Å². The Morgan fingerprint density at radius 2 is 0.930 bits per heavy atom. The van der Waals surface area contributed by atoms with Gasteiger partial charge in [-0.25, -0.2) is 0 Å². The van der Waals surface area contributed by atoms with E-state index in [1.165, 1.54) is 4.90 Å². The minimum atomic E-state index is -0.432. The number of nitrogens with one attached hydrogen (secondary N) is 1. The van der Waals surface area contributed by atoms with Gasteiger partial charge in [0.1, 0.15) is 13.1 Å². The van der Waals surface area contributed by atoms with E-state index in [-0.39, 0.29) is 43.9 Å². The van der Waals surface area contributed by atoms with Crippen LogP contribution in [0.15, 0.2) is 0 Å². The van der Waals surface area contributed by atoms with E-state index >= 15 is 0 Å². The number of likely N-dealkylation sites (N-methyl/N-ethyl adjacent to an activating group) is 5. The number of nitrogens with zero attached hydrogens (tertiary/aromatic N) is 7. The molecule has 0 unspecified atom stereocenters. The third kappa shape index (κ3) is 14.8. The summed E-state index contributed by atoms with van der Waals surface area (Å²) in [5.41, 5.74) is 0. The maximum atomic E-state index is 13.3. The molecule has 1 heterocycles. The van der Waals surface area contributed by atoms with E-state index in [1.54, 1.807) is 9.80 Å². The predicted octanol–water partition coefficient (Wildman–Crippen LogP) is 0.339. The summed E-state index contributed by atoms with van der Waals surface area (Å²) in [5, 5.41) is 2.78. The second-order valence-electron chi connectivity index (χ2n) is 11.1. The highest BCUT2D eigenvalue weighted by Crippen LogP contribution is 2.02. The maximum absolute atomic E-state index is 13.3. The van der Waals surface area contributed by atoms with Crippen molar-refractivity contribution in [2.45, 2.75) is 54.9 Å². The fourth-order valence-corrected chi connectivity index (χ4v) is 5.29. The van der Waals surface area contributed by atoms with Crippen molar-refractivity contribution in [2.24, 2.45) is 0 Å². The third-order valence-corrected chi connectivity index (χ3v) is 8.42. The zero-order valence-electron chi connectivity index (χ0n) is 28.4. The van der Waals surface area contributed by atoms with Crippen molar-refractivity contribution >= 4 is 23.6 Å². The van der Waals surface area contributed by atoms with Gasteiger partial charge in [-0.3, -0.25) is 24.1 Å². The first-order valence-corrected chi connectivity index (χ1v) is 16.6. The summed E-state index contributed by atoms with van der Waals surface area (Å²) in [5.74, 6) is -1.07. The van der Waals surface area contributed by atoms with Crippen LogP contribution in [0, 0.1) is 0 Å². The molecule has 0 spiro atoms. The van der Waals surface area contributed by atoms with E-state index in [2.05, 4.69) is 45.7 Å². The van der Waals surface area contributed by atoms with Crippen LogP contribution in [0.25, 0.3) is 0 Å². The van der Waals surface area contributed by atoms with Crippen LogP contribution in [0.4, 0.5) is 0 Å². The molecule has 0 aromatic carbocycles. The molecule has 0 bridgehead atoms. The van der Waals surface area contributed by atoms with Crippen LogP contribution in [0.2, 0.25) is 0 Å². The topological polar surface area (TPSA) is 103 Å². The molecule has 0 saturated carbocycles. The van der Waals surface area contributed by atoms with Gasteiger partial charge in [-0.15, -0.1) is 0 Å². The summed E-state index contributed by atoms with van der Waals surface area (Å²) < 4.78 is 0. The van der Waals surface area contributed by atoms with E-state index < -0.39 is 5.91 Å². The third-order valence-electron chi connectivity index (χ3n) is 8.42. The molecule has 1 rings (SSSR count). The van der Waals surface area contributed by atoms with Crippen LogP contribution < -0.4 is 5.32 Å². The molecule has 43 heavy (non-hydrogen) atoms. The molecule has 250 valence electrons. The summed E-state index contributed by atoms with van der Waals surface area (Å²) >= 11 is 0. The molecule has 12 heteroatoms. The minimum Gasteiger partial charge on any atom is -0.346 e. The zero-order valence-corrected chi connectivity index (χ0v) is 28.4. The Kier molecular flexibility index (Phi) is 20.1. The maximum Gasteiger partial charge on any atom is 0.242 e. The Morgan fingerprint density at radius 3 is 1.30 bits per heavy atom. The van der Waals surface area contributed by atoms with Gasteiger partial charge in [0.2, 0.25) is 23.6 Å². The number of hydrogen-bond donors (Lipinski definition) is 1. The first-order chi connectivity index (χ1) is 20.6. The molecule has 0 atom stereocenters. The van der Waals surface area contributed by atoms with E-state index in [0.29, 0.717) is 26.2 Å². The number of carbonyl (C=O) groups is 4. The molecule has 1 N–H and O–H groups in total. The van der Waals surface area contributed by atoms with Crippen molar-refractivity contribution in [3.63, 3.8) is 0 Å². The molecule has 1 aliphatic heterocycles. The predicted molar refractivity (Wildman–Crippen MR) is 173 cm³/mol. The molecule has 12 nitrogen and oxygen atoms in total. The monoisotopic (exact) mass is 610 g/mol. The van der Waals surface area contributed by atoms with E-state index in [9.17, 15) is 19.2 Å². The van der Waals surface area contributed by atoms with Gasteiger partial charge in [0, 0.05) is 78.5 Å². The van der Waals surface area contributed by atoms with Crippen molar-refractivity contribution in [3.05, 3.63) is 0 Å². The van der Waals surface area contributed by atoms with E-state index in [1.807, 2.05) is 27.7 Å². The highest BCUT2D eigenvalue weighted by molar-refractivity contribution is 5.91. The molecule has 1 saturated heterocycles. The van der Waals surface area contributed by atoms with Crippen LogP contribution in [0.3, 0.4) is 0 Å². The Balaban J connectivity index is 2.89. The zero-order chi connectivity index (χ0) is 32.2. The van der Waals surface area contributed by atoms with Gasteiger partial charge in [-0.1, -0.05) is 27.7 Å². The lowest BCUT2D eigenvalue weighted by Crippen LogP contribution is -2.51. The molecule has 0 aromatic rings. The Hall–Kier alpha value is -2.28. The van der Waals surface area contributed by atoms with Crippen LogP contribution in [0.1, 0.15) is 54.9 Å². The largest absolute Gasteiger partial charge is 0.346 e. The molecule has 0 aliphatic carbocycles. The Labute approximate surface area is 261 Å². The number of amides is 4. The van der Waals surface area contributed by atoms with Crippen LogP contribution in [-0.2, 0) is 19.2 Å². The Bertz CT molecular complexity index is 806.